The molecule has 0 unspecified atom stereocenters. The fourth-order valence-corrected chi connectivity index (χ4v) is 3.91. The molecule has 0 heterocycles. The molecule has 0 radical (unpaired) electrons. The molecular weight excluding hydrogens is 334 g/mol. The lowest BCUT2D eigenvalue weighted by Gasteiger charge is -2.18. The van der Waals surface area contributed by atoms with E-state index in [1.807, 2.05) is 67.6 Å². The molecule has 0 aliphatic heterocycles. The fourth-order valence-electron chi connectivity index (χ4n) is 2.62. The molecule has 0 aromatic heterocycles. The van der Waals surface area contributed by atoms with Gasteiger partial charge in [-0.2, -0.15) is 0 Å². The first-order valence-corrected chi connectivity index (χ1v) is 10.2. The fraction of sp³-hybridized carbons (Fsp3) is 0.350. The average Bonchev–Trinajstić information content (AvgIpc) is 2.62. The molecule has 0 spiro atoms. The van der Waals surface area contributed by atoms with Crippen LogP contribution in [0.25, 0.3) is 0 Å². The molecule has 5 heteroatoms. The third-order valence-electron chi connectivity index (χ3n) is 4.30. The number of hydrogen-bond acceptors (Lipinski definition) is 3. The number of aryl methyl sites for hydroxylation is 1. The molecule has 4 nitrogen and oxygen atoms in total. The maximum Gasteiger partial charge on any atom is 0.238 e. The molecule has 134 valence electrons. The largest absolute Gasteiger partial charge is 0.348 e. The zero-order chi connectivity index (χ0) is 18.3. The highest BCUT2D eigenvalue weighted by Gasteiger charge is 2.28. The third kappa shape index (κ3) is 5.71. The number of nitrogens with one attached hydrogen (secondary N) is 1. The average molecular weight is 359 g/mol. The molecule has 0 aliphatic rings. The Hall–Kier alpha value is -2.14. The summed E-state index contributed by atoms with van der Waals surface area (Å²) in [6, 6.07) is 19.0. The van der Waals surface area contributed by atoms with Crippen LogP contribution in [0.2, 0.25) is 0 Å². The van der Waals surface area contributed by atoms with E-state index in [1.165, 1.54) is 6.92 Å². The Morgan fingerprint density at radius 3 is 2.12 bits per heavy atom. The lowest BCUT2D eigenvalue weighted by atomic mass is 10.1. The highest BCUT2D eigenvalue weighted by atomic mass is 32.2. The van der Waals surface area contributed by atoms with E-state index in [-0.39, 0.29) is 11.8 Å². The van der Waals surface area contributed by atoms with Crippen LogP contribution < -0.4 is 5.32 Å². The van der Waals surface area contributed by atoms with E-state index in [0.29, 0.717) is 12.8 Å². The molecule has 0 bridgehead atoms. The maximum absolute atomic E-state index is 12.4. The number of carbonyl (C=O) groups is 1. The van der Waals surface area contributed by atoms with Gasteiger partial charge in [-0.3, -0.25) is 4.79 Å². The zero-order valence-corrected chi connectivity index (χ0v) is 15.5. The van der Waals surface area contributed by atoms with Gasteiger partial charge in [-0.05, 0) is 37.8 Å². The van der Waals surface area contributed by atoms with E-state index >= 15 is 0 Å². The van der Waals surface area contributed by atoms with Gasteiger partial charge in [0.15, 0.2) is 9.84 Å². The van der Waals surface area contributed by atoms with E-state index in [9.17, 15) is 13.2 Å². The second-order valence-corrected chi connectivity index (χ2v) is 8.68. The Bertz CT molecular complexity index is 773. The summed E-state index contributed by atoms with van der Waals surface area (Å²) in [5, 5.41) is 1.75. The maximum atomic E-state index is 12.4. The van der Waals surface area contributed by atoms with E-state index in [2.05, 4.69) is 5.32 Å². The van der Waals surface area contributed by atoms with Gasteiger partial charge in [-0.1, -0.05) is 60.7 Å². The molecule has 2 aromatic rings. The SMILES string of the molecule is C[C@H](NC(=O)[C@@H](C)S(=O)(=O)CCCc1ccccc1)c1ccccc1. The van der Waals surface area contributed by atoms with Gasteiger partial charge in [0.2, 0.25) is 5.91 Å². The van der Waals surface area contributed by atoms with Gasteiger partial charge in [-0.25, -0.2) is 8.42 Å². The number of amides is 1. The monoisotopic (exact) mass is 359 g/mol. The number of sulfone groups is 1. The highest BCUT2D eigenvalue weighted by Crippen LogP contribution is 2.13. The Morgan fingerprint density at radius 1 is 0.960 bits per heavy atom. The van der Waals surface area contributed by atoms with Crippen LogP contribution in [0.4, 0.5) is 0 Å². The standard InChI is InChI=1S/C20H25NO3S/c1-16(19-13-7-4-8-14-19)21-20(22)17(2)25(23,24)15-9-12-18-10-5-3-6-11-18/h3-8,10-11,13-14,16-17H,9,12,15H2,1-2H3,(H,21,22)/t16-,17+/m0/s1. The van der Waals surface area contributed by atoms with Crippen molar-refractivity contribution in [1.29, 1.82) is 0 Å². The normalized spacial score (nSPS) is 13.8. The first-order valence-electron chi connectivity index (χ1n) is 8.51. The molecule has 0 fully saturated rings. The van der Waals surface area contributed by atoms with Crippen molar-refractivity contribution < 1.29 is 13.2 Å². The Balaban J connectivity index is 1.88. The molecule has 0 saturated carbocycles. The number of carbonyl (C=O) groups excluding carboxylic acids is 1. The predicted molar refractivity (Wildman–Crippen MR) is 101 cm³/mol. The van der Waals surface area contributed by atoms with E-state index in [1.54, 1.807) is 0 Å². The van der Waals surface area contributed by atoms with Gasteiger partial charge in [0.25, 0.3) is 0 Å². The van der Waals surface area contributed by atoms with Crippen molar-refractivity contribution in [3.8, 4) is 0 Å². The Labute approximate surface area is 150 Å². The molecule has 2 aromatic carbocycles. The summed E-state index contributed by atoms with van der Waals surface area (Å²) in [4.78, 5) is 12.3. The van der Waals surface area contributed by atoms with Crippen molar-refractivity contribution in [2.45, 2.75) is 38.0 Å². The van der Waals surface area contributed by atoms with Gasteiger partial charge < -0.3 is 5.32 Å². The second kappa shape index (κ2) is 8.81. The van der Waals surface area contributed by atoms with Crippen LogP contribution >= 0.6 is 0 Å². The number of rotatable bonds is 8. The summed E-state index contributed by atoms with van der Waals surface area (Å²) in [6.07, 6.45) is 1.20. The minimum Gasteiger partial charge on any atom is -0.348 e. The van der Waals surface area contributed by atoms with Crippen LogP contribution in [0.15, 0.2) is 60.7 Å². The van der Waals surface area contributed by atoms with Crippen molar-refractivity contribution in [1.82, 2.24) is 5.32 Å². The van der Waals surface area contributed by atoms with Gasteiger partial charge >= 0.3 is 0 Å². The topological polar surface area (TPSA) is 63.2 Å². The molecule has 25 heavy (non-hydrogen) atoms. The minimum absolute atomic E-state index is 0.0101. The number of benzene rings is 2. The van der Waals surface area contributed by atoms with E-state index in [0.717, 1.165) is 11.1 Å². The van der Waals surface area contributed by atoms with Gasteiger partial charge in [0.1, 0.15) is 5.25 Å². The van der Waals surface area contributed by atoms with Crippen molar-refractivity contribution in [2.24, 2.45) is 0 Å². The molecule has 2 atom stereocenters. The van der Waals surface area contributed by atoms with Gasteiger partial charge in [0, 0.05) is 0 Å². The second-order valence-electron chi connectivity index (χ2n) is 6.24. The third-order valence-corrected chi connectivity index (χ3v) is 6.45. The van der Waals surface area contributed by atoms with Crippen LogP contribution in [-0.2, 0) is 21.1 Å². The highest BCUT2D eigenvalue weighted by molar-refractivity contribution is 7.92. The molecular formula is C20H25NO3S. The molecule has 0 aliphatic carbocycles. The van der Waals surface area contributed by atoms with Crippen LogP contribution in [0.3, 0.4) is 0 Å². The minimum atomic E-state index is -3.47. The Morgan fingerprint density at radius 2 is 1.52 bits per heavy atom. The van der Waals surface area contributed by atoms with E-state index in [4.69, 9.17) is 0 Å². The molecule has 0 saturated heterocycles. The van der Waals surface area contributed by atoms with Crippen molar-refractivity contribution in [3.63, 3.8) is 0 Å². The van der Waals surface area contributed by atoms with Crippen molar-refractivity contribution in [3.05, 3.63) is 71.8 Å². The van der Waals surface area contributed by atoms with Crippen molar-refractivity contribution >= 4 is 15.7 Å². The van der Waals surface area contributed by atoms with Crippen LogP contribution in [-0.4, -0.2) is 25.3 Å². The van der Waals surface area contributed by atoms with Crippen LogP contribution in [0, 0.1) is 0 Å². The summed E-state index contributed by atoms with van der Waals surface area (Å²) in [7, 11) is -3.47. The first-order chi connectivity index (χ1) is 11.9. The summed E-state index contributed by atoms with van der Waals surface area (Å²) in [5.74, 6) is -0.438. The van der Waals surface area contributed by atoms with Gasteiger partial charge in [-0.15, -0.1) is 0 Å². The predicted octanol–water partition coefficient (Wildman–Crippen LogP) is 3.30. The van der Waals surface area contributed by atoms with Crippen molar-refractivity contribution in [2.75, 3.05) is 5.75 Å². The smallest absolute Gasteiger partial charge is 0.238 e. The zero-order valence-electron chi connectivity index (χ0n) is 14.7. The lowest BCUT2D eigenvalue weighted by Crippen LogP contribution is -2.40. The summed E-state index contributed by atoms with van der Waals surface area (Å²) in [5.41, 5.74) is 2.05. The molecule has 1 amide bonds. The Kier molecular flexibility index (Phi) is 6.76. The summed E-state index contributed by atoms with van der Waals surface area (Å²) < 4.78 is 24.8. The quantitative estimate of drug-likeness (QED) is 0.786. The summed E-state index contributed by atoms with van der Waals surface area (Å²) in [6.45, 7) is 3.31. The lowest BCUT2D eigenvalue weighted by molar-refractivity contribution is -0.121. The van der Waals surface area contributed by atoms with Crippen LogP contribution in [0.5, 0.6) is 0 Å². The molecule has 1 N–H and O–H groups in total. The van der Waals surface area contributed by atoms with Crippen LogP contribution in [0.1, 0.15) is 37.4 Å². The first kappa shape index (κ1) is 19.2. The molecule has 2 rings (SSSR count). The van der Waals surface area contributed by atoms with Gasteiger partial charge in [0.05, 0.1) is 11.8 Å². The van der Waals surface area contributed by atoms with E-state index < -0.39 is 21.0 Å². The summed E-state index contributed by atoms with van der Waals surface area (Å²) >= 11 is 0. The number of hydrogen-bond donors (Lipinski definition) is 1.